The molecule has 3 aromatic carbocycles. The van der Waals surface area contributed by atoms with Crippen molar-refractivity contribution in [1.82, 2.24) is 0 Å². The number of benzene rings is 3. The van der Waals surface area contributed by atoms with Crippen molar-refractivity contribution in [3.05, 3.63) is 66.2 Å². The summed E-state index contributed by atoms with van der Waals surface area (Å²) >= 11 is 0. The van der Waals surface area contributed by atoms with Gasteiger partial charge in [-0.05, 0) is 41.8 Å². The van der Waals surface area contributed by atoms with Crippen molar-refractivity contribution in [2.75, 3.05) is 29.4 Å². The van der Waals surface area contributed by atoms with E-state index in [1.807, 2.05) is 24.3 Å². The number of carbonyl (C=O) groups is 1. The van der Waals surface area contributed by atoms with Gasteiger partial charge in [-0.15, -0.1) is 0 Å². The number of rotatable bonds is 4. The molecule has 7 nitrogen and oxygen atoms in total. The van der Waals surface area contributed by atoms with Crippen LogP contribution in [0.15, 0.2) is 65.6 Å². The summed E-state index contributed by atoms with van der Waals surface area (Å²) in [7, 11) is -3.90. The summed E-state index contributed by atoms with van der Waals surface area (Å²) in [5.74, 6) is 0.996. The highest BCUT2D eigenvalue weighted by atomic mass is 32.2. The summed E-state index contributed by atoms with van der Waals surface area (Å²) in [6.45, 7) is 4.74. The van der Waals surface area contributed by atoms with Crippen molar-refractivity contribution >= 4 is 27.3 Å². The van der Waals surface area contributed by atoms with Crippen LogP contribution in [0.1, 0.15) is 25.3 Å². The largest absolute Gasteiger partial charge is 0.486 e. The van der Waals surface area contributed by atoms with Crippen LogP contribution < -0.4 is 19.1 Å². The summed E-state index contributed by atoms with van der Waals surface area (Å²) in [4.78, 5) is 13.1. The fourth-order valence-electron chi connectivity index (χ4n) is 4.13. The van der Waals surface area contributed by atoms with Crippen LogP contribution in [-0.4, -0.2) is 34.1 Å². The molecule has 0 aromatic heterocycles. The smallest absolute Gasteiger partial charge is 0.265 e. The van der Waals surface area contributed by atoms with Gasteiger partial charge in [0.1, 0.15) is 19.8 Å². The zero-order valence-electron chi connectivity index (χ0n) is 18.4. The Balaban J connectivity index is 1.48. The molecule has 0 saturated heterocycles. The van der Waals surface area contributed by atoms with Crippen molar-refractivity contribution in [2.45, 2.75) is 24.7 Å². The van der Waals surface area contributed by atoms with E-state index in [1.165, 1.54) is 4.31 Å². The molecule has 1 N–H and O–H groups in total. The van der Waals surface area contributed by atoms with Gasteiger partial charge >= 0.3 is 0 Å². The Labute approximate surface area is 193 Å². The topological polar surface area (TPSA) is 84.9 Å². The summed E-state index contributed by atoms with van der Waals surface area (Å²) in [6.07, 6.45) is 0. The van der Waals surface area contributed by atoms with Crippen molar-refractivity contribution < 1.29 is 22.7 Å². The molecule has 2 aliphatic rings. The van der Waals surface area contributed by atoms with Crippen molar-refractivity contribution in [3.63, 3.8) is 0 Å². The fraction of sp³-hybridized carbons (Fsp3) is 0.240. The monoisotopic (exact) mass is 464 g/mol. The van der Waals surface area contributed by atoms with E-state index in [1.54, 1.807) is 36.4 Å². The standard InChI is InChI=1S/C25H24N2O5S/c1-16(2)17-7-9-21-20(13-17)19-5-3-4-6-24(19)33(29,30)27(21)15-25(28)26-18-8-10-22-23(14-18)32-12-11-31-22/h3-10,13-14,16H,11-12,15H2,1-2H3,(H,26,28). The minimum Gasteiger partial charge on any atom is -0.486 e. The molecule has 0 spiro atoms. The number of fused-ring (bicyclic) bond motifs is 4. The van der Waals surface area contributed by atoms with Crippen LogP contribution in [0.4, 0.5) is 11.4 Å². The number of amides is 1. The third kappa shape index (κ3) is 3.80. The zero-order valence-corrected chi connectivity index (χ0v) is 19.2. The number of sulfonamides is 1. The van der Waals surface area contributed by atoms with Gasteiger partial charge in [0.25, 0.3) is 10.0 Å². The first-order chi connectivity index (χ1) is 15.8. The first kappa shape index (κ1) is 21.3. The first-order valence-electron chi connectivity index (χ1n) is 10.8. The lowest BCUT2D eigenvalue weighted by Gasteiger charge is -2.32. The van der Waals surface area contributed by atoms with E-state index in [4.69, 9.17) is 9.47 Å². The molecule has 170 valence electrons. The lowest BCUT2D eigenvalue weighted by atomic mass is 9.95. The van der Waals surface area contributed by atoms with E-state index in [9.17, 15) is 13.2 Å². The zero-order chi connectivity index (χ0) is 23.2. The maximum absolute atomic E-state index is 13.5. The molecule has 0 atom stereocenters. The Morgan fingerprint density at radius 2 is 1.73 bits per heavy atom. The number of nitrogens with one attached hydrogen (secondary N) is 1. The Bertz CT molecular complexity index is 1350. The molecule has 0 bridgehead atoms. The lowest BCUT2D eigenvalue weighted by Crippen LogP contribution is -2.40. The van der Waals surface area contributed by atoms with E-state index in [0.717, 1.165) is 11.1 Å². The number of anilines is 2. The van der Waals surface area contributed by atoms with E-state index in [2.05, 4.69) is 19.2 Å². The summed E-state index contributed by atoms with van der Waals surface area (Å²) < 4.78 is 39.2. The Morgan fingerprint density at radius 3 is 2.52 bits per heavy atom. The van der Waals surface area contributed by atoms with Gasteiger partial charge in [0.15, 0.2) is 11.5 Å². The number of carbonyl (C=O) groups excluding carboxylic acids is 1. The van der Waals surface area contributed by atoms with Crippen LogP contribution in [0.25, 0.3) is 11.1 Å². The molecule has 33 heavy (non-hydrogen) atoms. The molecular weight excluding hydrogens is 440 g/mol. The van der Waals surface area contributed by atoms with Crippen LogP contribution in [0.5, 0.6) is 11.5 Å². The molecule has 0 fully saturated rings. The van der Waals surface area contributed by atoms with E-state index in [0.29, 0.717) is 41.7 Å². The molecule has 5 rings (SSSR count). The number of hydrogen-bond acceptors (Lipinski definition) is 5. The quantitative estimate of drug-likeness (QED) is 0.619. The Morgan fingerprint density at radius 1 is 0.970 bits per heavy atom. The summed E-state index contributed by atoms with van der Waals surface area (Å²) in [5, 5.41) is 2.78. The van der Waals surface area contributed by atoms with Gasteiger partial charge in [-0.25, -0.2) is 8.42 Å². The van der Waals surface area contributed by atoms with Crippen LogP contribution >= 0.6 is 0 Å². The van der Waals surface area contributed by atoms with Crippen LogP contribution in [-0.2, 0) is 14.8 Å². The summed E-state index contributed by atoms with van der Waals surface area (Å²) in [6, 6.07) is 17.7. The second-order valence-electron chi connectivity index (χ2n) is 8.35. The van der Waals surface area contributed by atoms with Crippen molar-refractivity contribution in [1.29, 1.82) is 0 Å². The van der Waals surface area contributed by atoms with Crippen molar-refractivity contribution in [3.8, 4) is 22.6 Å². The van der Waals surface area contributed by atoms with Crippen LogP contribution in [0.3, 0.4) is 0 Å². The van der Waals surface area contributed by atoms with Crippen LogP contribution in [0, 0.1) is 0 Å². The fourth-order valence-corrected chi connectivity index (χ4v) is 5.78. The molecule has 0 radical (unpaired) electrons. The van der Waals surface area contributed by atoms with Crippen molar-refractivity contribution in [2.24, 2.45) is 0 Å². The van der Waals surface area contributed by atoms with E-state index >= 15 is 0 Å². The average molecular weight is 465 g/mol. The minimum atomic E-state index is -3.90. The van der Waals surface area contributed by atoms with Gasteiger partial charge < -0.3 is 14.8 Å². The third-order valence-corrected chi connectivity index (χ3v) is 7.63. The molecular formula is C25H24N2O5S. The lowest BCUT2D eigenvalue weighted by molar-refractivity contribution is -0.114. The van der Waals surface area contributed by atoms with Gasteiger partial charge in [-0.1, -0.05) is 38.1 Å². The highest BCUT2D eigenvalue weighted by molar-refractivity contribution is 7.93. The number of nitrogens with zero attached hydrogens (tertiary/aromatic N) is 1. The van der Waals surface area contributed by atoms with Crippen LogP contribution in [0.2, 0.25) is 0 Å². The predicted octanol–water partition coefficient (Wildman–Crippen LogP) is 4.40. The molecule has 3 aromatic rings. The molecule has 2 aliphatic heterocycles. The van der Waals surface area contributed by atoms with Gasteiger partial charge in [0, 0.05) is 22.9 Å². The van der Waals surface area contributed by atoms with Gasteiger partial charge in [0.05, 0.1) is 10.6 Å². The Hall–Kier alpha value is -3.52. The van der Waals surface area contributed by atoms with Gasteiger partial charge in [-0.3, -0.25) is 9.10 Å². The minimum absolute atomic E-state index is 0.200. The highest BCUT2D eigenvalue weighted by Crippen LogP contribution is 2.44. The second-order valence-corrected chi connectivity index (χ2v) is 10.2. The van der Waals surface area contributed by atoms with Gasteiger partial charge in [-0.2, -0.15) is 0 Å². The molecule has 2 heterocycles. The maximum Gasteiger partial charge on any atom is 0.265 e. The van der Waals surface area contributed by atoms with E-state index in [-0.39, 0.29) is 17.4 Å². The Kier molecular flexibility index (Phi) is 5.25. The predicted molar refractivity (Wildman–Crippen MR) is 127 cm³/mol. The SMILES string of the molecule is CC(C)c1ccc2c(c1)-c1ccccc1S(=O)(=O)N2CC(=O)Nc1ccc2c(c1)OCCO2. The third-order valence-electron chi connectivity index (χ3n) is 5.81. The maximum atomic E-state index is 13.5. The number of ether oxygens (including phenoxy) is 2. The molecule has 0 aliphatic carbocycles. The normalized spacial score (nSPS) is 15.5. The first-order valence-corrected chi connectivity index (χ1v) is 12.2. The molecule has 1 amide bonds. The second kappa shape index (κ2) is 8.12. The number of hydrogen-bond donors (Lipinski definition) is 1. The van der Waals surface area contributed by atoms with Gasteiger partial charge in [0.2, 0.25) is 5.91 Å². The average Bonchev–Trinajstić information content (AvgIpc) is 2.81. The molecule has 0 unspecified atom stereocenters. The summed E-state index contributed by atoms with van der Waals surface area (Å²) in [5.41, 5.74) is 3.56. The molecule has 8 heteroatoms. The highest BCUT2D eigenvalue weighted by Gasteiger charge is 2.36. The van der Waals surface area contributed by atoms with E-state index < -0.39 is 15.9 Å². The molecule has 0 saturated carbocycles.